The zero-order valence-corrected chi connectivity index (χ0v) is 11.0. The number of hydrogen-bond donors (Lipinski definition) is 1. The first-order valence-electron chi connectivity index (χ1n) is 4.28. The summed E-state index contributed by atoms with van der Waals surface area (Å²) in [6, 6.07) is 1.81. The Kier molecular flexibility index (Phi) is 4.73. The second-order valence-corrected chi connectivity index (χ2v) is 4.25. The molecule has 1 aromatic rings. The molecular formula is C12H10N2W. The Hall–Kier alpha value is -1.45. The third-order valence-electron chi connectivity index (χ3n) is 1.56. The molecule has 0 saturated carbocycles. The van der Waals surface area contributed by atoms with Gasteiger partial charge in [0.05, 0.1) is 0 Å². The average Bonchev–Trinajstić information content (AvgIpc) is 2.25. The molecule has 74 valence electrons. The maximum absolute atomic E-state index is 5.71. The van der Waals surface area contributed by atoms with Gasteiger partial charge in [0.1, 0.15) is 0 Å². The molecule has 1 rings (SSSR count). The molecule has 0 saturated heterocycles. The summed E-state index contributed by atoms with van der Waals surface area (Å²) in [7, 11) is 0. The van der Waals surface area contributed by atoms with Gasteiger partial charge in [-0.2, -0.15) is 0 Å². The van der Waals surface area contributed by atoms with Crippen molar-refractivity contribution in [2.45, 2.75) is 0 Å². The molecule has 1 heterocycles. The Balaban J connectivity index is 2.82. The van der Waals surface area contributed by atoms with Gasteiger partial charge in [-0.1, -0.05) is 0 Å². The molecule has 2 nitrogen and oxygen atoms in total. The van der Waals surface area contributed by atoms with Crippen molar-refractivity contribution in [3.8, 4) is 11.8 Å². The standard InChI is InChI=1S/C12H10N2.W/c1-2-3-4-5-6-7-11-8-9-14-10-12(11)13;/h2-4,8-10H,1,13H2;. The summed E-state index contributed by atoms with van der Waals surface area (Å²) >= 11 is 1.32. The summed E-state index contributed by atoms with van der Waals surface area (Å²) in [5.41, 5.74) is 7.13. The minimum atomic E-state index is 0.612. The quantitative estimate of drug-likeness (QED) is 0.636. The number of aromatic nitrogens is 1. The zero-order chi connectivity index (χ0) is 11.1. The number of rotatable bonds is 2. The molecule has 15 heavy (non-hydrogen) atoms. The van der Waals surface area contributed by atoms with Crippen molar-refractivity contribution < 1.29 is 19.4 Å². The predicted octanol–water partition coefficient (Wildman–Crippen LogP) is 1.48. The first-order valence-corrected chi connectivity index (χ1v) is 5.75. The van der Waals surface area contributed by atoms with Gasteiger partial charge < -0.3 is 0 Å². The van der Waals surface area contributed by atoms with Crippen molar-refractivity contribution in [3.05, 3.63) is 48.8 Å². The molecule has 0 unspecified atom stereocenters. The van der Waals surface area contributed by atoms with Crippen LogP contribution in [0.5, 0.6) is 0 Å². The maximum atomic E-state index is 5.71. The molecule has 0 fully saturated rings. The van der Waals surface area contributed by atoms with E-state index in [0.29, 0.717) is 5.69 Å². The van der Waals surface area contributed by atoms with Crippen LogP contribution >= 0.6 is 0 Å². The van der Waals surface area contributed by atoms with Gasteiger partial charge in [-0.25, -0.2) is 0 Å². The molecule has 3 heteroatoms. The Morgan fingerprint density at radius 2 is 2.40 bits per heavy atom. The van der Waals surface area contributed by atoms with E-state index in [4.69, 9.17) is 5.73 Å². The second-order valence-electron chi connectivity index (χ2n) is 2.67. The molecule has 1 aromatic heterocycles. The first kappa shape index (κ1) is 11.6. The topological polar surface area (TPSA) is 38.9 Å². The number of nitrogens with zero attached hydrogens (tertiary/aromatic N) is 1. The molecule has 0 bridgehead atoms. The van der Waals surface area contributed by atoms with Crippen LogP contribution in [0.15, 0.2) is 43.3 Å². The Morgan fingerprint density at radius 3 is 3.07 bits per heavy atom. The normalized spacial score (nSPS) is 9.33. The van der Waals surface area contributed by atoms with E-state index in [-0.39, 0.29) is 0 Å². The molecule has 0 atom stereocenters. The number of nitrogen functional groups attached to an aromatic ring is 1. The van der Waals surface area contributed by atoms with Crippen molar-refractivity contribution in [2.75, 3.05) is 5.73 Å². The average molecular weight is 366 g/mol. The molecular weight excluding hydrogens is 356 g/mol. The van der Waals surface area contributed by atoms with Crippen LogP contribution in [0.3, 0.4) is 0 Å². The van der Waals surface area contributed by atoms with E-state index in [1.807, 2.05) is 18.2 Å². The van der Waals surface area contributed by atoms with Gasteiger partial charge in [0.15, 0.2) is 0 Å². The Labute approximate surface area is 100 Å². The van der Waals surface area contributed by atoms with Crippen LogP contribution in [0.4, 0.5) is 5.69 Å². The van der Waals surface area contributed by atoms with Gasteiger partial charge in [0.25, 0.3) is 0 Å². The van der Waals surface area contributed by atoms with E-state index < -0.39 is 0 Å². The summed E-state index contributed by atoms with van der Waals surface area (Å²) < 4.78 is 1.05. The van der Waals surface area contributed by atoms with Crippen molar-refractivity contribution in [1.29, 1.82) is 0 Å². The molecule has 0 aliphatic carbocycles. The van der Waals surface area contributed by atoms with Crippen LogP contribution in [0, 0.1) is 11.8 Å². The molecule has 0 aromatic carbocycles. The number of pyridine rings is 1. The van der Waals surface area contributed by atoms with Gasteiger partial charge in [-0.3, -0.25) is 0 Å². The molecule has 0 aliphatic rings. The fourth-order valence-electron chi connectivity index (χ4n) is 0.847. The molecule has 2 N–H and O–H groups in total. The van der Waals surface area contributed by atoms with Crippen LogP contribution in [-0.2, 0) is 19.4 Å². The number of allylic oxidation sites excluding steroid dienone is 3. The monoisotopic (exact) mass is 366 g/mol. The summed E-state index contributed by atoms with van der Waals surface area (Å²) in [5.74, 6) is 6.04. The number of anilines is 1. The van der Waals surface area contributed by atoms with Crippen molar-refractivity contribution in [2.24, 2.45) is 0 Å². The van der Waals surface area contributed by atoms with E-state index in [9.17, 15) is 0 Å². The minimum absolute atomic E-state index is 0.612. The Morgan fingerprint density at radius 1 is 1.60 bits per heavy atom. The van der Waals surface area contributed by atoms with Crippen LogP contribution in [0.1, 0.15) is 5.56 Å². The van der Waals surface area contributed by atoms with Crippen molar-refractivity contribution in [1.82, 2.24) is 4.98 Å². The van der Waals surface area contributed by atoms with E-state index in [1.54, 1.807) is 18.5 Å². The van der Waals surface area contributed by atoms with Crippen LogP contribution in [0.25, 0.3) is 0 Å². The van der Waals surface area contributed by atoms with Crippen molar-refractivity contribution >= 4 is 9.59 Å². The van der Waals surface area contributed by atoms with E-state index in [1.165, 1.54) is 19.4 Å². The number of nitrogens with two attached hydrogens (primary N) is 1. The van der Waals surface area contributed by atoms with Crippen molar-refractivity contribution in [3.63, 3.8) is 0 Å². The van der Waals surface area contributed by atoms with E-state index in [0.717, 1.165) is 9.46 Å². The van der Waals surface area contributed by atoms with Gasteiger partial charge in [0.2, 0.25) is 0 Å². The summed E-state index contributed by atoms with van der Waals surface area (Å²) in [5, 5.41) is 0. The summed E-state index contributed by atoms with van der Waals surface area (Å²) in [4.78, 5) is 3.90. The fraction of sp³-hybridized carbons (Fsp3) is 0. The zero-order valence-electron chi connectivity index (χ0n) is 8.10. The molecule has 0 aliphatic heterocycles. The molecule has 0 spiro atoms. The van der Waals surface area contributed by atoms with Gasteiger partial charge in [0, 0.05) is 0 Å². The van der Waals surface area contributed by atoms with Gasteiger partial charge >= 0.3 is 100 Å². The SMILES string of the molecule is C=CC=C[C](=[W])C#Cc1ccncc1N. The third-order valence-corrected chi connectivity index (χ3v) is 2.41. The predicted molar refractivity (Wildman–Crippen MR) is 59.9 cm³/mol. The molecule has 0 amide bonds. The van der Waals surface area contributed by atoms with Gasteiger partial charge in [-0.15, -0.1) is 0 Å². The van der Waals surface area contributed by atoms with E-state index >= 15 is 0 Å². The summed E-state index contributed by atoms with van der Waals surface area (Å²) in [6.45, 7) is 3.60. The van der Waals surface area contributed by atoms with Crippen LogP contribution < -0.4 is 5.73 Å². The molecule has 0 radical (unpaired) electrons. The number of hydrogen-bond acceptors (Lipinski definition) is 2. The first-order chi connectivity index (χ1) is 7.24. The Bertz CT molecular complexity index is 464. The van der Waals surface area contributed by atoms with Crippen LogP contribution in [-0.4, -0.2) is 8.88 Å². The summed E-state index contributed by atoms with van der Waals surface area (Å²) in [6.07, 6.45) is 8.82. The fourth-order valence-corrected chi connectivity index (χ4v) is 1.31. The third kappa shape index (κ3) is 4.06. The van der Waals surface area contributed by atoms with Gasteiger partial charge in [-0.05, 0) is 0 Å². The second kappa shape index (κ2) is 6.11. The van der Waals surface area contributed by atoms with Crippen LogP contribution in [0.2, 0.25) is 0 Å². The van der Waals surface area contributed by atoms with E-state index in [2.05, 4.69) is 23.4 Å².